The smallest absolute Gasteiger partial charge is 0.304 e. The Hall–Kier alpha value is -1.91. The maximum Gasteiger partial charge on any atom is 0.304 e. The Morgan fingerprint density at radius 2 is 2.29 bits per heavy atom. The number of hydrogen-bond acceptors (Lipinski definition) is 5. The summed E-state index contributed by atoms with van der Waals surface area (Å²) in [7, 11) is 0. The third-order valence-corrected chi connectivity index (χ3v) is 3.99. The quantitative estimate of drug-likeness (QED) is 0.767. The van der Waals surface area contributed by atoms with Gasteiger partial charge in [0, 0.05) is 19.0 Å². The maximum atomic E-state index is 11.9. The van der Waals surface area contributed by atoms with E-state index in [0.29, 0.717) is 23.7 Å². The number of carboxylic acid groups (broad SMARTS) is 1. The van der Waals surface area contributed by atoms with E-state index in [1.54, 1.807) is 11.4 Å². The lowest BCUT2D eigenvalue weighted by molar-refractivity contribution is -0.138. The van der Waals surface area contributed by atoms with Crippen molar-refractivity contribution in [2.45, 2.75) is 32.7 Å². The first-order valence-corrected chi connectivity index (χ1v) is 7.59. The fourth-order valence-electron chi connectivity index (χ4n) is 2.00. The highest BCUT2D eigenvalue weighted by Crippen LogP contribution is 2.22. The molecule has 1 heterocycles. The number of aliphatic carboxylic acids is 1. The lowest BCUT2D eigenvalue weighted by Crippen LogP contribution is -2.36. The molecule has 1 aromatic rings. The molecule has 0 aliphatic rings. The van der Waals surface area contributed by atoms with Crippen LogP contribution in [0.25, 0.3) is 0 Å². The lowest BCUT2D eigenvalue weighted by Gasteiger charge is -2.26. The maximum absolute atomic E-state index is 11.9. The zero-order valence-corrected chi connectivity index (χ0v) is 12.9. The largest absolute Gasteiger partial charge is 0.481 e. The number of carbonyl (C=O) groups is 2. The van der Waals surface area contributed by atoms with Crippen LogP contribution < -0.4 is 5.32 Å². The molecule has 114 valence electrons. The molecule has 21 heavy (non-hydrogen) atoms. The van der Waals surface area contributed by atoms with E-state index in [4.69, 9.17) is 10.4 Å². The summed E-state index contributed by atoms with van der Waals surface area (Å²) >= 11 is 1.31. The Balaban J connectivity index is 2.48. The van der Waals surface area contributed by atoms with Crippen molar-refractivity contribution in [2.24, 2.45) is 0 Å². The summed E-state index contributed by atoms with van der Waals surface area (Å²) in [6.45, 7) is 4.94. The molecule has 0 radical (unpaired) electrons. The van der Waals surface area contributed by atoms with Gasteiger partial charge < -0.3 is 10.4 Å². The molecule has 1 rings (SSSR count). The van der Waals surface area contributed by atoms with Gasteiger partial charge in [-0.25, -0.2) is 0 Å². The number of carbonyl (C=O) groups excluding carboxylic acids is 1. The van der Waals surface area contributed by atoms with E-state index in [2.05, 4.69) is 5.32 Å². The number of nitriles is 1. The fourth-order valence-corrected chi connectivity index (χ4v) is 2.75. The number of hydrogen-bond donors (Lipinski definition) is 2. The van der Waals surface area contributed by atoms with Gasteiger partial charge >= 0.3 is 5.97 Å². The van der Waals surface area contributed by atoms with Crippen LogP contribution in [0, 0.1) is 11.3 Å². The van der Waals surface area contributed by atoms with Crippen molar-refractivity contribution in [3.05, 3.63) is 17.0 Å². The SMILES string of the molecule is CCN(CCC(=O)Nc1sccc1C#N)C(C)CC(=O)O. The van der Waals surface area contributed by atoms with E-state index in [0.717, 1.165) is 0 Å². The van der Waals surface area contributed by atoms with E-state index >= 15 is 0 Å². The van der Waals surface area contributed by atoms with E-state index in [1.807, 2.05) is 24.8 Å². The van der Waals surface area contributed by atoms with Gasteiger partial charge in [0.1, 0.15) is 11.1 Å². The molecule has 0 fully saturated rings. The molecule has 0 saturated carbocycles. The molecule has 1 atom stereocenters. The first-order chi connectivity index (χ1) is 9.97. The Kier molecular flexibility index (Phi) is 6.85. The van der Waals surface area contributed by atoms with Crippen molar-refractivity contribution in [3.63, 3.8) is 0 Å². The summed E-state index contributed by atoms with van der Waals surface area (Å²) in [5.74, 6) is -1.02. The molecule has 1 aromatic heterocycles. The number of thiophene rings is 1. The number of carboxylic acids is 1. The Morgan fingerprint density at radius 1 is 1.57 bits per heavy atom. The molecule has 0 aliphatic carbocycles. The fraction of sp³-hybridized carbons (Fsp3) is 0.500. The highest BCUT2D eigenvalue weighted by atomic mass is 32.1. The average molecular weight is 309 g/mol. The van der Waals surface area contributed by atoms with Crippen LogP contribution in [-0.4, -0.2) is 41.0 Å². The van der Waals surface area contributed by atoms with Crippen LogP contribution in [0.3, 0.4) is 0 Å². The van der Waals surface area contributed by atoms with Crippen molar-refractivity contribution < 1.29 is 14.7 Å². The molecular weight excluding hydrogens is 290 g/mol. The Bertz CT molecular complexity index is 536. The molecule has 0 saturated heterocycles. The normalized spacial score (nSPS) is 11.9. The number of amides is 1. The third kappa shape index (κ3) is 5.53. The second-order valence-corrected chi connectivity index (χ2v) is 5.56. The van der Waals surface area contributed by atoms with Crippen molar-refractivity contribution >= 4 is 28.2 Å². The average Bonchev–Trinajstić information content (AvgIpc) is 2.85. The van der Waals surface area contributed by atoms with Crippen LogP contribution in [0.4, 0.5) is 5.00 Å². The minimum absolute atomic E-state index is 0.0545. The van der Waals surface area contributed by atoms with Crippen LogP contribution in [0.2, 0.25) is 0 Å². The number of nitrogens with one attached hydrogen (secondary N) is 1. The molecule has 0 bridgehead atoms. The topological polar surface area (TPSA) is 93.4 Å². The highest BCUT2D eigenvalue weighted by molar-refractivity contribution is 7.14. The van der Waals surface area contributed by atoms with Crippen LogP contribution in [0.5, 0.6) is 0 Å². The van der Waals surface area contributed by atoms with Gasteiger partial charge in [0.25, 0.3) is 0 Å². The standard InChI is InChI=1S/C14H19N3O3S/c1-3-17(10(2)8-13(19)20)6-4-12(18)16-14-11(9-15)5-7-21-14/h5,7,10H,3-4,6,8H2,1-2H3,(H,16,18)(H,19,20). The minimum Gasteiger partial charge on any atom is -0.481 e. The first kappa shape index (κ1) is 17.1. The van der Waals surface area contributed by atoms with Crippen LogP contribution in [0.1, 0.15) is 32.3 Å². The molecule has 0 aromatic carbocycles. The molecule has 0 aliphatic heterocycles. The summed E-state index contributed by atoms with van der Waals surface area (Å²) < 4.78 is 0. The van der Waals surface area contributed by atoms with Gasteiger partial charge in [0.05, 0.1) is 12.0 Å². The molecule has 1 amide bonds. The molecular formula is C14H19N3O3S. The van der Waals surface area contributed by atoms with Gasteiger partial charge in [0.2, 0.25) is 5.91 Å². The van der Waals surface area contributed by atoms with Gasteiger partial charge in [-0.1, -0.05) is 6.92 Å². The van der Waals surface area contributed by atoms with Crippen molar-refractivity contribution in [1.29, 1.82) is 5.26 Å². The summed E-state index contributed by atoms with van der Waals surface area (Å²) in [4.78, 5) is 24.6. The Morgan fingerprint density at radius 3 is 2.86 bits per heavy atom. The Labute approximate surface area is 128 Å². The third-order valence-electron chi connectivity index (χ3n) is 3.16. The minimum atomic E-state index is -0.845. The van der Waals surface area contributed by atoms with Crippen LogP contribution in [-0.2, 0) is 9.59 Å². The van der Waals surface area contributed by atoms with Crippen LogP contribution >= 0.6 is 11.3 Å². The second-order valence-electron chi connectivity index (χ2n) is 4.65. The van der Waals surface area contributed by atoms with E-state index in [9.17, 15) is 9.59 Å². The van der Waals surface area contributed by atoms with Gasteiger partial charge in [0.15, 0.2) is 0 Å². The first-order valence-electron chi connectivity index (χ1n) is 6.71. The molecule has 6 nitrogen and oxygen atoms in total. The number of nitrogens with zero attached hydrogens (tertiary/aromatic N) is 2. The lowest BCUT2D eigenvalue weighted by atomic mass is 10.2. The van der Waals surface area contributed by atoms with Crippen molar-refractivity contribution in [1.82, 2.24) is 4.90 Å². The summed E-state index contributed by atoms with van der Waals surface area (Å²) in [5.41, 5.74) is 0.458. The van der Waals surface area contributed by atoms with Gasteiger partial charge in [-0.3, -0.25) is 14.5 Å². The van der Waals surface area contributed by atoms with Crippen molar-refractivity contribution in [2.75, 3.05) is 18.4 Å². The van der Waals surface area contributed by atoms with E-state index < -0.39 is 5.97 Å². The van der Waals surface area contributed by atoms with Crippen LogP contribution in [0.15, 0.2) is 11.4 Å². The van der Waals surface area contributed by atoms with E-state index in [1.165, 1.54) is 11.3 Å². The predicted molar refractivity (Wildman–Crippen MR) is 81.2 cm³/mol. The predicted octanol–water partition coefficient (Wildman–Crippen LogP) is 2.13. The zero-order chi connectivity index (χ0) is 15.8. The molecule has 0 spiro atoms. The summed E-state index contributed by atoms with van der Waals surface area (Å²) in [6, 6.07) is 3.56. The summed E-state index contributed by atoms with van der Waals surface area (Å²) in [6.07, 6.45) is 0.319. The van der Waals surface area contributed by atoms with Gasteiger partial charge in [-0.05, 0) is 24.9 Å². The summed E-state index contributed by atoms with van der Waals surface area (Å²) in [5, 5.41) is 22.7. The molecule has 1 unspecified atom stereocenters. The van der Waals surface area contributed by atoms with Gasteiger partial charge in [-0.15, -0.1) is 11.3 Å². The van der Waals surface area contributed by atoms with Crippen molar-refractivity contribution in [3.8, 4) is 6.07 Å². The monoisotopic (exact) mass is 309 g/mol. The number of rotatable bonds is 8. The zero-order valence-electron chi connectivity index (χ0n) is 12.1. The second kappa shape index (κ2) is 8.39. The number of anilines is 1. The molecule has 2 N–H and O–H groups in total. The molecule has 7 heteroatoms. The highest BCUT2D eigenvalue weighted by Gasteiger charge is 2.17. The van der Waals surface area contributed by atoms with Gasteiger partial charge in [-0.2, -0.15) is 5.26 Å². The van der Waals surface area contributed by atoms with E-state index in [-0.39, 0.29) is 24.8 Å².